The average Bonchev–Trinajstić information content (AvgIpc) is 2.63. The lowest BCUT2D eigenvalue weighted by Crippen LogP contribution is -2.38. The van der Waals surface area contributed by atoms with Gasteiger partial charge >= 0.3 is 0 Å². The van der Waals surface area contributed by atoms with Gasteiger partial charge in [-0.15, -0.1) is 0 Å². The van der Waals surface area contributed by atoms with E-state index in [-0.39, 0.29) is 0 Å². The average molecular weight is 313 g/mol. The van der Waals surface area contributed by atoms with Gasteiger partial charge in [0.25, 0.3) is 0 Å². The number of hydrogen-bond acceptors (Lipinski definition) is 4. The van der Waals surface area contributed by atoms with Crippen LogP contribution in [0.5, 0.6) is 5.75 Å². The number of methoxy groups -OCH3 is 1. The van der Waals surface area contributed by atoms with Crippen LogP contribution in [0.15, 0.2) is 48.5 Å². The standard InChI is InChI=1S/C19H23NO3/c1-22-18-4-2-3-17(13-18)15-5-7-16(8-6-15)19(21)14-20-9-11-23-12-10-20/h2-8,13,19,21H,9-12,14H2,1H3/t19-/m1/s1. The Hall–Kier alpha value is -1.88. The molecule has 0 aromatic heterocycles. The van der Waals surface area contributed by atoms with E-state index >= 15 is 0 Å². The van der Waals surface area contributed by atoms with Crippen molar-refractivity contribution in [3.8, 4) is 16.9 Å². The first kappa shape index (κ1) is 16.0. The Morgan fingerprint density at radius 3 is 2.52 bits per heavy atom. The fourth-order valence-corrected chi connectivity index (χ4v) is 2.83. The van der Waals surface area contributed by atoms with Crippen molar-refractivity contribution in [1.82, 2.24) is 4.90 Å². The van der Waals surface area contributed by atoms with Crippen LogP contribution in [-0.4, -0.2) is 50.0 Å². The van der Waals surface area contributed by atoms with E-state index in [1.807, 2.05) is 42.5 Å². The minimum absolute atomic E-state index is 0.465. The van der Waals surface area contributed by atoms with Crippen LogP contribution in [0.4, 0.5) is 0 Å². The molecular formula is C19H23NO3. The third-order valence-electron chi connectivity index (χ3n) is 4.23. The van der Waals surface area contributed by atoms with Crippen LogP contribution < -0.4 is 4.74 Å². The van der Waals surface area contributed by atoms with Gasteiger partial charge in [-0.3, -0.25) is 4.90 Å². The van der Waals surface area contributed by atoms with E-state index in [2.05, 4.69) is 11.0 Å². The maximum Gasteiger partial charge on any atom is 0.119 e. The largest absolute Gasteiger partial charge is 0.497 e. The zero-order valence-electron chi connectivity index (χ0n) is 13.4. The highest BCUT2D eigenvalue weighted by Gasteiger charge is 2.16. The number of rotatable bonds is 5. The number of morpholine rings is 1. The van der Waals surface area contributed by atoms with Gasteiger partial charge in [-0.25, -0.2) is 0 Å². The highest BCUT2D eigenvalue weighted by atomic mass is 16.5. The number of β-amino-alcohol motifs (C(OH)–C–C–N with tert-alkyl or cyclic N) is 1. The zero-order valence-corrected chi connectivity index (χ0v) is 13.4. The lowest BCUT2D eigenvalue weighted by atomic mass is 10.0. The Morgan fingerprint density at radius 1 is 1.09 bits per heavy atom. The molecule has 0 saturated carbocycles. The van der Waals surface area contributed by atoms with Gasteiger partial charge in [0.2, 0.25) is 0 Å². The number of hydrogen-bond donors (Lipinski definition) is 1. The van der Waals surface area contributed by atoms with Crippen molar-refractivity contribution >= 4 is 0 Å². The van der Waals surface area contributed by atoms with Gasteiger partial charge < -0.3 is 14.6 Å². The second-order valence-electron chi connectivity index (χ2n) is 5.78. The summed E-state index contributed by atoms with van der Waals surface area (Å²) in [6.07, 6.45) is -0.465. The molecule has 1 heterocycles. The van der Waals surface area contributed by atoms with E-state index < -0.39 is 6.10 Å². The number of nitrogens with zero attached hydrogens (tertiary/aromatic N) is 1. The van der Waals surface area contributed by atoms with Crippen LogP contribution in [0.3, 0.4) is 0 Å². The minimum atomic E-state index is -0.465. The summed E-state index contributed by atoms with van der Waals surface area (Å²) in [7, 11) is 1.67. The summed E-state index contributed by atoms with van der Waals surface area (Å²) >= 11 is 0. The van der Waals surface area contributed by atoms with Crippen LogP contribution in [0.2, 0.25) is 0 Å². The van der Waals surface area contributed by atoms with Gasteiger partial charge in [0.15, 0.2) is 0 Å². The van der Waals surface area contributed by atoms with Crippen molar-refractivity contribution in [2.24, 2.45) is 0 Å². The molecule has 0 bridgehead atoms. The van der Waals surface area contributed by atoms with E-state index in [0.29, 0.717) is 6.54 Å². The first-order valence-electron chi connectivity index (χ1n) is 7.99. The first-order valence-corrected chi connectivity index (χ1v) is 7.99. The number of aliphatic hydroxyl groups is 1. The van der Waals surface area contributed by atoms with Crippen molar-refractivity contribution in [2.45, 2.75) is 6.10 Å². The van der Waals surface area contributed by atoms with E-state index in [4.69, 9.17) is 9.47 Å². The Labute approximate surface area is 137 Å². The second kappa shape index (κ2) is 7.59. The first-order chi connectivity index (χ1) is 11.3. The quantitative estimate of drug-likeness (QED) is 0.921. The summed E-state index contributed by atoms with van der Waals surface area (Å²) in [4.78, 5) is 2.24. The molecule has 0 radical (unpaired) electrons. The van der Waals surface area contributed by atoms with Gasteiger partial charge in [-0.1, -0.05) is 36.4 Å². The van der Waals surface area contributed by atoms with Gasteiger partial charge in [-0.05, 0) is 28.8 Å². The Morgan fingerprint density at radius 2 is 1.83 bits per heavy atom. The summed E-state index contributed by atoms with van der Waals surface area (Å²) in [6.45, 7) is 3.93. The lowest BCUT2D eigenvalue weighted by Gasteiger charge is -2.28. The highest BCUT2D eigenvalue weighted by molar-refractivity contribution is 5.65. The van der Waals surface area contributed by atoms with Gasteiger partial charge in [0, 0.05) is 19.6 Å². The maximum absolute atomic E-state index is 10.4. The molecule has 2 aromatic rings. The van der Waals surface area contributed by atoms with Crippen LogP contribution >= 0.6 is 0 Å². The maximum atomic E-state index is 10.4. The Bertz CT molecular complexity index is 621. The van der Waals surface area contributed by atoms with Crippen molar-refractivity contribution < 1.29 is 14.6 Å². The van der Waals surface area contributed by atoms with Crippen molar-refractivity contribution in [2.75, 3.05) is 40.0 Å². The molecular weight excluding hydrogens is 290 g/mol. The molecule has 0 amide bonds. The molecule has 0 spiro atoms. The van der Waals surface area contributed by atoms with Crippen molar-refractivity contribution in [3.63, 3.8) is 0 Å². The lowest BCUT2D eigenvalue weighted by molar-refractivity contribution is 0.0143. The SMILES string of the molecule is COc1cccc(-c2ccc([C@H](O)CN3CCOCC3)cc2)c1. The molecule has 4 heteroatoms. The van der Waals surface area contributed by atoms with Crippen molar-refractivity contribution in [3.05, 3.63) is 54.1 Å². The third kappa shape index (κ3) is 4.10. The molecule has 122 valence electrons. The molecule has 1 atom stereocenters. The predicted octanol–water partition coefficient (Wildman–Crippen LogP) is 2.73. The highest BCUT2D eigenvalue weighted by Crippen LogP contribution is 2.25. The minimum Gasteiger partial charge on any atom is -0.497 e. The summed E-state index contributed by atoms with van der Waals surface area (Å²) in [5, 5.41) is 10.4. The van der Waals surface area contributed by atoms with Crippen LogP contribution in [-0.2, 0) is 4.74 Å². The molecule has 1 fully saturated rings. The van der Waals surface area contributed by atoms with E-state index in [9.17, 15) is 5.11 Å². The van der Waals surface area contributed by atoms with Crippen LogP contribution in [0.1, 0.15) is 11.7 Å². The summed E-state index contributed by atoms with van der Waals surface area (Å²) in [5.74, 6) is 0.846. The normalized spacial score (nSPS) is 17.0. The summed E-state index contributed by atoms with van der Waals surface area (Å²) in [5.41, 5.74) is 3.17. The van der Waals surface area contributed by atoms with Gasteiger partial charge in [-0.2, -0.15) is 0 Å². The van der Waals surface area contributed by atoms with E-state index in [0.717, 1.165) is 48.7 Å². The van der Waals surface area contributed by atoms with Gasteiger partial charge in [0.05, 0.1) is 26.4 Å². The molecule has 0 unspecified atom stereocenters. The number of ether oxygens (including phenoxy) is 2. The van der Waals surface area contributed by atoms with Crippen LogP contribution in [0.25, 0.3) is 11.1 Å². The molecule has 2 aromatic carbocycles. The van der Waals surface area contributed by atoms with Gasteiger partial charge in [0.1, 0.15) is 5.75 Å². The third-order valence-corrected chi connectivity index (χ3v) is 4.23. The molecule has 3 rings (SSSR count). The zero-order chi connectivity index (χ0) is 16.1. The smallest absolute Gasteiger partial charge is 0.119 e. The fourth-order valence-electron chi connectivity index (χ4n) is 2.83. The summed E-state index contributed by atoms with van der Waals surface area (Å²) < 4.78 is 10.6. The number of aliphatic hydroxyl groups excluding tert-OH is 1. The molecule has 23 heavy (non-hydrogen) atoms. The number of benzene rings is 2. The molecule has 1 aliphatic rings. The second-order valence-corrected chi connectivity index (χ2v) is 5.78. The van der Waals surface area contributed by atoms with Crippen LogP contribution in [0, 0.1) is 0 Å². The Balaban J connectivity index is 1.68. The van der Waals surface area contributed by atoms with E-state index in [1.54, 1.807) is 7.11 Å². The fraction of sp³-hybridized carbons (Fsp3) is 0.368. The topological polar surface area (TPSA) is 41.9 Å². The molecule has 0 aliphatic carbocycles. The molecule has 1 saturated heterocycles. The monoisotopic (exact) mass is 313 g/mol. The molecule has 1 aliphatic heterocycles. The predicted molar refractivity (Wildman–Crippen MR) is 90.6 cm³/mol. The van der Waals surface area contributed by atoms with Crippen molar-refractivity contribution in [1.29, 1.82) is 0 Å². The Kier molecular flexibility index (Phi) is 5.28. The van der Waals surface area contributed by atoms with E-state index in [1.165, 1.54) is 0 Å². The molecule has 1 N–H and O–H groups in total. The summed E-state index contributed by atoms with van der Waals surface area (Å²) in [6, 6.07) is 16.1. The molecule has 4 nitrogen and oxygen atoms in total.